The van der Waals surface area contributed by atoms with E-state index in [0.29, 0.717) is 6.54 Å². The molecule has 8 heteroatoms. The van der Waals surface area contributed by atoms with Crippen molar-refractivity contribution >= 4 is 17.9 Å². The first-order valence-corrected chi connectivity index (χ1v) is 14.4. The molecule has 1 aliphatic carbocycles. The SMILES string of the molecule is CC(C)(C)OC(=O)NC1C(=O)N2CC3C([C@H]2C(=O)N[C@H](CO)CCCCCCCCCC1(C)C)C3(C)C. The Labute approximate surface area is 223 Å². The summed E-state index contributed by atoms with van der Waals surface area (Å²) < 4.78 is 5.53. The third-order valence-corrected chi connectivity index (χ3v) is 8.89. The number of amides is 3. The van der Waals surface area contributed by atoms with Gasteiger partial charge in [-0.25, -0.2) is 4.79 Å². The van der Waals surface area contributed by atoms with E-state index in [0.717, 1.165) is 57.8 Å². The van der Waals surface area contributed by atoms with Gasteiger partial charge in [0.25, 0.3) is 0 Å². The third kappa shape index (κ3) is 7.18. The monoisotopic (exact) mass is 521 g/mol. The summed E-state index contributed by atoms with van der Waals surface area (Å²) in [6.45, 7) is 14.2. The smallest absolute Gasteiger partial charge is 0.408 e. The number of nitrogens with one attached hydrogen (secondary N) is 2. The number of fused-ring (bicyclic) bond motifs is 3. The van der Waals surface area contributed by atoms with Crippen LogP contribution >= 0.6 is 0 Å². The number of aliphatic hydroxyl groups excluding tert-OH is 1. The number of alkyl carbamates (subject to hydrolysis) is 1. The van der Waals surface area contributed by atoms with Crippen LogP contribution in [0.5, 0.6) is 0 Å². The Kier molecular flexibility index (Phi) is 9.24. The molecule has 0 aromatic rings. The van der Waals surface area contributed by atoms with E-state index in [-0.39, 0.29) is 41.7 Å². The molecule has 1 saturated carbocycles. The first-order chi connectivity index (χ1) is 17.2. The minimum atomic E-state index is -0.803. The van der Waals surface area contributed by atoms with E-state index in [2.05, 4.69) is 24.5 Å². The topological polar surface area (TPSA) is 108 Å². The zero-order valence-corrected chi connectivity index (χ0v) is 24.2. The Hall–Kier alpha value is -1.83. The Morgan fingerprint density at radius 2 is 1.65 bits per heavy atom. The van der Waals surface area contributed by atoms with E-state index < -0.39 is 29.2 Å². The van der Waals surface area contributed by atoms with Gasteiger partial charge in [0.05, 0.1) is 12.6 Å². The molecule has 3 amide bonds. The molecule has 3 N–H and O–H groups in total. The summed E-state index contributed by atoms with van der Waals surface area (Å²) in [6.07, 6.45) is 8.45. The molecule has 212 valence electrons. The highest BCUT2D eigenvalue weighted by Crippen LogP contribution is 2.65. The molecule has 37 heavy (non-hydrogen) atoms. The molecule has 5 atom stereocenters. The quantitative estimate of drug-likeness (QED) is 0.500. The summed E-state index contributed by atoms with van der Waals surface area (Å²) in [5.41, 5.74) is -1.22. The zero-order chi connectivity index (χ0) is 27.6. The molecule has 2 aliphatic heterocycles. The van der Waals surface area contributed by atoms with Crippen LogP contribution in [0, 0.1) is 22.7 Å². The van der Waals surface area contributed by atoms with E-state index in [1.807, 2.05) is 13.8 Å². The van der Waals surface area contributed by atoms with Gasteiger partial charge in [-0.05, 0) is 56.3 Å². The van der Waals surface area contributed by atoms with Crippen LogP contribution in [0.25, 0.3) is 0 Å². The van der Waals surface area contributed by atoms with E-state index >= 15 is 0 Å². The van der Waals surface area contributed by atoms with Gasteiger partial charge in [0.15, 0.2) is 0 Å². The molecule has 0 bridgehead atoms. The van der Waals surface area contributed by atoms with Gasteiger partial charge in [-0.1, -0.05) is 72.6 Å². The van der Waals surface area contributed by atoms with Crippen LogP contribution in [0.15, 0.2) is 0 Å². The van der Waals surface area contributed by atoms with Crippen molar-refractivity contribution in [1.29, 1.82) is 0 Å². The van der Waals surface area contributed by atoms with Crippen LogP contribution in [-0.4, -0.2) is 64.8 Å². The highest BCUT2D eigenvalue weighted by atomic mass is 16.6. The Bertz CT molecular complexity index is 834. The summed E-state index contributed by atoms with van der Waals surface area (Å²) in [7, 11) is 0. The molecule has 3 fully saturated rings. The van der Waals surface area contributed by atoms with E-state index in [9.17, 15) is 19.5 Å². The average molecular weight is 522 g/mol. The van der Waals surface area contributed by atoms with Gasteiger partial charge in [0.1, 0.15) is 17.7 Å². The van der Waals surface area contributed by atoms with E-state index in [1.165, 1.54) is 0 Å². The van der Waals surface area contributed by atoms with Crippen molar-refractivity contribution in [2.24, 2.45) is 22.7 Å². The van der Waals surface area contributed by atoms with Gasteiger partial charge >= 0.3 is 6.09 Å². The van der Waals surface area contributed by atoms with Crippen molar-refractivity contribution in [2.45, 2.75) is 130 Å². The van der Waals surface area contributed by atoms with E-state index in [1.54, 1.807) is 25.7 Å². The van der Waals surface area contributed by atoms with Crippen molar-refractivity contribution < 1.29 is 24.2 Å². The number of hydrogen-bond donors (Lipinski definition) is 3. The first kappa shape index (κ1) is 29.7. The maximum absolute atomic E-state index is 14.2. The number of aliphatic hydroxyl groups is 1. The lowest BCUT2D eigenvalue weighted by molar-refractivity contribution is -0.144. The molecular weight excluding hydrogens is 470 g/mol. The highest BCUT2D eigenvalue weighted by molar-refractivity contribution is 5.93. The molecular formula is C29H51N3O5. The second kappa shape index (κ2) is 11.5. The molecule has 0 aromatic carbocycles. The number of carbonyl (C=O) groups excluding carboxylic acids is 3. The maximum atomic E-state index is 14.2. The maximum Gasteiger partial charge on any atom is 0.408 e. The molecule has 3 unspecified atom stereocenters. The molecule has 0 aromatic heterocycles. The molecule has 2 heterocycles. The van der Waals surface area contributed by atoms with Crippen LogP contribution in [0.1, 0.15) is 106 Å². The third-order valence-electron chi connectivity index (χ3n) is 8.89. The minimum Gasteiger partial charge on any atom is -0.444 e. The molecule has 3 rings (SSSR count). The van der Waals surface area contributed by atoms with Crippen LogP contribution in [0.4, 0.5) is 4.79 Å². The highest BCUT2D eigenvalue weighted by Gasteiger charge is 2.69. The van der Waals surface area contributed by atoms with Crippen LogP contribution in [0.3, 0.4) is 0 Å². The van der Waals surface area contributed by atoms with Gasteiger partial charge in [0, 0.05) is 6.54 Å². The summed E-state index contributed by atoms with van der Waals surface area (Å²) in [4.78, 5) is 42.4. The summed E-state index contributed by atoms with van der Waals surface area (Å²) in [5.74, 6) is -0.0914. The number of piperidine rings is 1. The van der Waals surface area contributed by atoms with Gasteiger partial charge in [-0.2, -0.15) is 0 Å². The van der Waals surface area contributed by atoms with Crippen molar-refractivity contribution in [3.05, 3.63) is 0 Å². The van der Waals surface area contributed by atoms with Crippen molar-refractivity contribution in [3.63, 3.8) is 0 Å². The number of rotatable bonds is 2. The van der Waals surface area contributed by atoms with E-state index in [4.69, 9.17) is 4.74 Å². The van der Waals surface area contributed by atoms with Crippen LogP contribution in [-0.2, 0) is 14.3 Å². The fraction of sp³-hybridized carbons (Fsp3) is 0.897. The van der Waals surface area contributed by atoms with Gasteiger partial charge in [-0.15, -0.1) is 0 Å². The fourth-order valence-corrected chi connectivity index (χ4v) is 6.49. The molecule has 0 radical (unpaired) electrons. The Morgan fingerprint density at radius 1 is 1.05 bits per heavy atom. The summed E-state index contributed by atoms with van der Waals surface area (Å²) in [6, 6.07) is -1.72. The predicted octanol–water partition coefficient (Wildman–Crippen LogP) is 4.39. The van der Waals surface area contributed by atoms with Crippen LogP contribution < -0.4 is 10.6 Å². The Morgan fingerprint density at radius 3 is 2.24 bits per heavy atom. The second-order valence-electron chi connectivity index (χ2n) is 13.9. The first-order valence-electron chi connectivity index (χ1n) is 14.4. The van der Waals surface area contributed by atoms with Crippen molar-refractivity contribution in [3.8, 4) is 0 Å². The lowest BCUT2D eigenvalue weighted by Crippen LogP contribution is -2.60. The molecule has 0 spiro atoms. The second-order valence-corrected chi connectivity index (χ2v) is 13.9. The number of hydrogen-bond acceptors (Lipinski definition) is 5. The predicted molar refractivity (Wildman–Crippen MR) is 144 cm³/mol. The Balaban J connectivity index is 1.91. The number of carbonyl (C=O) groups is 3. The van der Waals surface area contributed by atoms with Gasteiger partial charge in [-0.3, -0.25) is 9.59 Å². The number of nitrogens with zero attached hydrogens (tertiary/aromatic N) is 1. The summed E-state index contributed by atoms with van der Waals surface area (Å²) in [5, 5.41) is 15.9. The van der Waals surface area contributed by atoms with Crippen molar-refractivity contribution in [1.82, 2.24) is 15.5 Å². The van der Waals surface area contributed by atoms with Crippen LogP contribution in [0.2, 0.25) is 0 Å². The van der Waals surface area contributed by atoms with Gasteiger partial charge < -0.3 is 25.4 Å². The van der Waals surface area contributed by atoms with Crippen molar-refractivity contribution in [2.75, 3.05) is 13.2 Å². The minimum absolute atomic E-state index is 0.0180. The number of ether oxygens (including phenoxy) is 1. The summed E-state index contributed by atoms with van der Waals surface area (Å²) >= 11 is 0. The molecule has 8 nitrogen and oxygen atoms in total. The fourth-order valence-electron chi connectivity index (χ4n) is 6.49. The lowest BCUT2D eigenvalue weighted by Gasteiger charge is -2.39. The normalized spacial score (nSPS) is 33.0. The molecule has 2 saturated heterocycles. The average Bonchev–Trinajstić information content (AvgIpc) is 3.12. The largest absolute Gasteiger partial charge is 0.444 e. The molecule has 3 aliphatic rings. The standard InChI is InChI=1S/C29H51N3O5/c1-27(2,3)37-26(36)31-23-25(35)32-17-20-21(29(20,6)7)22(32)24(34)30-19(18-33)15-13-11-9-8-10-12-14-16-28(23,4)5/h19-23,33H,8-18H2,1-7H3,(H,30,34)(H,31,36)/t19-,20?,21?,22-,23?/m0/s1. The zero-order valence-electron chi connectivity index (χ0n) is 24.2. The lowest BCUT2D eigenvalue weighted by atomic mass is 9.78. The van der Waals surface area contributed by atoms with Gasteiger partial charge in [0.2, 0.25) is 11.8 Å².